The van der Waals surface area contributed by atoms with Gasteiger partial charge in [-0.1, -0.05) is 11.6 Å². The van der Waals surface area contributed by atoms with Crippen molar-refractivity contribution in [3.8, 4) is 0 Å². The van der Waals surface area contributed by atoms with E-state index in [9.17, 15) is 0 Å². The molecule has 2 heterocycles. The van der Waals surface area contributed by atoms with Crippen LogP contribution in [0, 0.1) is 0 Å². The standard InChI is InChI=1S/C12H13ClN2S/c1-14-12(6-9-3-5-16-8-9)10-2-4-15-7-11(10)13/h2-5,7-8,12,14H,6H2,1H3. The van der Waals surface area contributed by atoms with Crippen molar-refractivity contribution in [3.05, 3.63) is 51.4 Å². The summed E-state index contributed by atoms with van der Waals surface area (Å²) in [5.74, 6) is 0. The minimum atomic E-state index is 0.241. The number of hydrogen-bond acceptors (Lipinski definition) is 3. The first-order valence-electron chi connectivity index (χ1n) is 5.09. The Hall–Kier alpha value is -0.900. The lowest BCUT2D eigenvalue weighted by Gasteiger charge is -2.16. The predicted octanol–water partition coefficient (Wildman–Crippen LogP) is 3.30. The predicted molar refractivity (Wildman–Crippen MR) is 69.1 cm³/mol. The van der Waals surface area contributed by atoms with E-state index in [-0.39, 0.29) is 6.04 Å². The maximum absolute atomic E-state index is 6.14. The summed E-state index contributed by atoms with van der Waals surface area (Å²) in [4.78, 5) is 4.00. The molecule has 0 saturated carbocycles. The van der Waals surface area contributed by atoms with Crippen LogP contribution in [0.4, 0.5) is 0 Å². The molecule has 1 N–H and O–H groups in total. The zero-order chi connectivity index (χ0) is 11.4. The first kappa shape index (κ1) is 11.6. The molecule has 2 aromatic heterocycles. The number of likely N-dealkylation sites (N-methyl/N-ethyl adjacent to an activating group) is 1. The summed E-state index contributed by atoms with van der Waals surface area (Å²) >= 11 is 7.86. The van der Waals surface area contributed by atoms with E-state index in [0.29, 0.717) is 0 Å². The molecule has 0 bridgehead atoms. The second-order valence-corrected chi connectivity index (χ2v) is 4.76. The maximum atomic E-state index is 6.14. The summed E-state index contributed by atoms with van der Waals surface area (Å²) in [6.07, 6.45) is 4.41. The van der Waals surface area contributed by atoms with E-state index in [4.69, 9.17) is 11.6 Å². The number of pyridine rings is 1. The fraction of sp³-hybridized carbons (Fsp3) is 0.250. The first-order valence-corrected chi connectivity index (χ1v) is 6.41. The highest BCUT2D eigenvalue weighted by Crippen LogP contribution is 2.25. The van der Waals surface area contributed by atoms with Gasteiger partial charge >= 0.3 is 0 Å². The lowest BCUT2D eigenvalue weighted by atomic mass is 10.0. The third-order valence-corrected chi connectivity index (χ3v) is 3.60. The lowest BCUT2D eigenvalue weighted by Crippen LogP contribution is -2.19. The SMILES string of the molecule is CNC(Cc1ccsc1)c1ccncc1Cl. The zero-order valence-electron chi connectivity index (χ0n) is 8.98. The number of aromatic nitrogens is 1. The van der Waals surface area contributed by atoms with Crippen LogP contribution in [0.25, 0.3) is 0 Å². The molecule has 0 fully saturated rings. The highest BCUT2D eigenvalue weighted by Gasteiger charge is 2.13. The highest BCUT2D eigenvalue weighted by molar-refractivity contribution is 7.07. The molecule has 0 aliphatic carbocycles. The Balaban J connectivity index is 2.20. The molecule has 1 atom stereocenters. The fourth-order valence-corrected chi connectivity index (χ4v) is 2.61. The highest BCUT2D eigenvalue weighted by atomic mass is 35.5. The van der Waals surface area contributed by atoms with Gasteiger partial charge in [-0.05, 0) is 47.5 Å². The topological polar surface area (TPSA) is 24.9 Å². The van der Waals surface area contributed by atoms with Gasteiger partial charge in [-0.3, -0.25) is 4.98 Å². The Morgan fingerprint density at radius 3 is 3.00 bits per heavy atom. The molecule has 0 aliphatic rings. The van der Waals surface area contributed by atoms with Gasteiger partial charge < -0.3 is 5.32 Å². The van der Waals surface area contributed by atoms with Crippen molar-refractivity contribution in [3.63, 3.8) is 0 Å². The number of hydrogen-bond donors (Lipinski definition) is 1. The van der Waals surface area contributed by atoms with Crippen molar-refractivity contribution < 1.29 is 0 Å². The minimum Gasteiger partial charge on any atom is -0.313 e. The van der Waals surface area contributed by atoms with Gasteiger partial charge in [-0.2, -0.15) is 11.3 Å². The van der Waals surface area contributed by atoms with Gasteiger partial charge in [-0.15, -0.1) is 0 Å². The summed E-state index contributed by atoms with van der Waals surface area (Å²) in [6.45, 7) is 0. The van der Waals surface area contributed by atoms with Gasteiger partial charge in [0.25, 0.3) is 0 Å². The van der Waals surface area contributed by atoms with Crippen LogP contribution in [0.2, 0.25) is 5.02 Å². The quantitative estimate of drug-likeness (QED) is 0.903. The third kappa shape index (κ3) is 2.61. The van der Waals surface area contributed by atoms with E-state index in [2.05, 4.69) is 27.1 Å². The van der Waals surface area contributed by atoms with Gasteiger partial charge in [0, 0.05) is 18.4 Å². The van der Waals surface area contributed by atoms with Crippen LogP contribution < -0.4 is 5.32 Å². The molecule has 0 aliphatic heterocycles. The molecule has 2 nitrogen and oxygen atoms in total. The fourth-order valence-electron chi connectivity index (χ4n) is 1.68. The van der Waals surface area contributed by atoms with Crippen molar-refractivity contribution in [2.45, 2.75) is 12.5 Å². The van der Waals surface area contributed by atoms with Gasteiger partial charge in [0.15, 0.2) is 0 Å². The van der Waals surface area contributed by atoms with Crippen molar-refractivity contribution in [1.29, 1.82) is 0 Å². The number of rotatable bonds is 4. The largest absolute Gasteiger partial charge is 0.313 e. The van der Waals surface area contributed by atoms with Gasteiger partial charge in [-0.25, -0.2) is 0 Å². The summed E-state index contributed by atoms with van der Waals surface area (Å²) < 4.78 is 0. The van der Waals surface area contributed by atoms with E-state index < -0.39 is 0 Å². The molecular weight excluding hydrogens is 240 g/mol. The number of nitrogens with zero attached hydrogens (tertiary/aromatic N) is 1. The summed E-state index contributed by atoms with van der Waals surface area (Å²) in [7, 11) is 1.95. The monoisotopic (exact) mass is 252 g/mol. The number of nitrogens with one attached hydrogen (secondary N) is 1. The molecular formula is C12H13ClN2S. The maximum Gasteiger partial charge on any atom is 0.0637 e. The zero-order valence-corrected chi connectivity index (χ0v) is 10.6. The van der Waals surface area contributed by atoms with E-state index >= 15 is 0 Å². The van der Waals surface area contributed by atoms with Crippen molar-refractivity contribution in [2.75, 3.05) is 7.05 Å². The molecule has 2 rings (SSSR count). The summed E-state index contributed by atoms with van der Waals surface area (Å²) in [5.41, 5.74) is 2.43. The van der Waals surface area contributed by atoms with Crippen LogP contribution >= 0.6 is 22.9 Å². The Kier molecular flexibility index (Phi) is 3.93. The second-order valence-electron chi connectivity index (χ2n) is 3.57. The number of thiophene rings is 1. The van der Waals surface area contributed by atoms with E-state index in [1.807, 2.05) is 13.1 Å². The average Bonchev–Trinajstić information content (AvgIpc) is 2.80. The Labute approximate surface area is 104 Å². The summed E-state index contributed by atoms with van der Waals surface area (Å²) in [5, 5.41) is 8.27. The van der Waals surface area contributed by atoms with Crippen LogP contribution in [0.15, 0.2) is 35.3 Å². The van der Waals surface area contributed by atoms with Gasteiger partial charge in [0.05, 0.1) is 5.02 Å². The van der Waals surface area contributed by atoms with Crippen LogP contribution in [-0.2, 0) is 6.42 Å². The van der Waals surface area contributed by atoms with Crippen LogP contribution in [0.3, 0.4) is 0 Å². The lowest BCUT2D eigenvalue weighted by molar-refractivity contribution is 0.592. The molecule has 4 heteroatoms. The molecule has 84 valence electrons. The molecule has 1 unspecified atom stereocenters. The molecule has 0 spiro atoms. The van der Waals surface area contributed by atoms with Crippen molar-refractivity contribution in [1.82, 2.24) is 10.3 Å². The van der Waals surface area contributed by atoms with Crippen LogP contribution in [0.1, 0.15) is 17.2 Å². The van der Waals surface area contributed by atoms with Gasteiger partial charge in [0.1, 0.15) is 0 Å². The third-order valence-electron chi connectivity index (χ3n) is 2.55. The normalized spacial score (nSPS) is 12.6. The smallest absolute Gasteiger partial charge is 0.0637 e. The van der Waals surface area contributed by atoms with E-state index in [0.717, 1.165) is 17.0 Å². The Morgan fingerprint density at radius 2 is 2.38 bits per heavy atom. The minimum absolute atomic E-state index is 0.241. The van der Waals surface area contributed by atoms with E-state index in [1.54, 1.807) is 23.7 Å². The first-order chi connectivity index (χ1) is 7.81. The Morgan fingerprint density at radius 1 is 1.50 bits per heavy atom. The van der Waals surface area contributed by atoms with E-state index in [1.165, 1.54) is 5.56 Å². The molecule has 16 heavy (non-hydrogen) atoms. The second kappa shape index (κ2) is 5.43. The molecule has 2 aromatic rings. The van der Waals surface area contributed by atoms with Crippen molar-refractivity contribution in [2.24, 2.45) is 0 Å². The molecule has 0 radical (unpaired) electrons. The average molecular weight is 253 g/mol. The van der Waals surface area contributed by atoms with Gasteiger partial charge in [0.2, 0.25) is 0 Å². The summed E-state index contributed by atoms with van der Waals surface area (Å²) in [6, 6.07) is 4.35. The Bertz CT molecular complexity index is 442. The van der Waals surface area contributed by atoms with Crippen LogP contribution in [0.5, 0.6) is 0 Å². The molecule has 0 saturated heterocycles. The number of halogens is 1. The van der Waals surface area contributed by atoms with Crippen LogP contribution in [-0.4, -0.2) is 12.0 Å². The molecule has 0 aromatic carbocycles. The van der Waals surface area contributed by atoms with Crippen molar-refractivity contribution >= 4 is 22.9 Å². The molecule has 0 amide bonds.